The minimum absolute atomic E-state index is 0.223. The number of aliphatic hydroxyl groups excluding tert-OH is 1. The number of carboxylic acid groups (broad SMARTS) is 1. The summed E-state index contributed by atoms with van der Waals surface area (Å²) < 4.78 is 0. The number of imidazole rings is 1. The largest absolute Gasteiger partial charge is 0.480 e. The summed E-state index contributed by atoms with van der Waals surface area (Å²) in [5.74, 6) is -3.02. The Hall–Kier alpha value is -3.03. The molecule has 1 aromatic heterocycles. The molecule has 2 heterocycles. The van der Waals surface area contributed by atoms with Crippen LogP contribution in [0.2, 0.25) is 0 Å². The first-order valence-electron chi connectivity index (χ1n) is 11.4. The summed E-state index contributed by atoms with van der Waals surface area (Å²) in [6, 6.07) is -4.22. The van der Waals surface area contributed by atoms with Crippen LogP contribution in [0.3, 0.4) is 0 Å². The van der Waals surface area contributed by atoms with Gasteiger partial charge in [0.25, 0.3) is 0 Å². The Labute approximate surface area is 197 Å². The van der Waals surface area contributed by atoms with Crippen molar-refractivity contribution < 1.29 is 29.4 Å². The first-order chi connectivity index (χ1) is 16.1. The maximum absolute atomic E-state index is 13.1. The van der Waals surface area contributed by atoms with Crippen molar-refractivity contribution in [3.63, 3.8) is 0 Å². The van der Waals surface area contributed by atoms with Gasteiger partial charge >= 0.3 is 5.97 Å². The molecule has 190 valence electrons. The van der Waals surface area contributed by atoms with E-state index in [9.17, 15) is 29.4 Å². The third kappa shape index (κ3) is 7.50. The van der Waals surface area contributed by atoms with Gasteiger partial charge in [0.2, 0.25) is 17.7 Å². The van der Waals surface area contributed by atoms with E-state index in [1.165, 1.54) is 18.2 Å². The summed E-state index contributed by atoms with van der Waals surface area (Å²) in [6.07, 6.45) is 4.33. The van der Waals surface area contributed by atoms with E-state index in [2.05, 4.69) is 20.6 Å². The Morgan fingerprint density at radius 1 is 1.29 bits per heavy atom. The van der Waals surface area contributed by atoms with Crippen LogP contribution >= 0.6 is 0 Å². The third-order valence-electron chi connectivity index (χ3n) is 5.78. The van der Waals surface area contributed by atoms with E-state index >= 15 is 0 Å². The van der Waals surface area contributed by atoms with Gasteiger partial charge in [-0.05, 0) is 45.6 Å². The molecule has 1 fully saturated rings. The first-order valence-corrected chi connectivity index (χ1v) is 11.4. The van der Waals surface area contributed by atoms with Crippen LogP contribution < -0.4 is 22.1 Å². The number of aromatic amines is 1. The summed E-state index contributed by atoms with van der Waals surface area (Å²) in [5, 5.41) is 23.8. The summed E-state index contributed by atoms with van der Waals surface area (Å²) in [4.78, 5) is 58.3. The highest BCUT2D eigenvalue weighted by molar-refractivity contribution is 5.94. The number of nitrogens with zero attached hydrogens (tertiary/aromatic N) is 2. The number of amides is 3. The molecule has 13 heteroatoms. The molecule has 0 radical (unpaired) electrons. The standard InChI is InChI=1S/C21H35N7O6/c1-12(29)17(21(33)34)27-18(30)15(5-2-3-7-22)26-19(31)16-6-4-8-28(16)20(32)14(23)9-13-10-24-11-25-13/h10-12,14-17,29H,2-9,22-23H2,1H3,(H,24,25)(H,26,31)(H,27,30)(H,33,34). The maximum Gasteiger partial charge on any atom is 0.328 e. The second-order valence-electron chi connectivity index (χ2n) is 8.49. The number of rotatable bonds is 13. The zero-order chi connectivity index (χ0) is 25.3. The molecule has 1 aromatic rings. The summed E-state index contributed by atoms with van der Waals surface area (Å²) >= 11 is 0. The smallest absolute Gasteiger partial charge is 0.328 e. The molecular formula is C21H35N7O6. The molecule has 3 amide bonds. The van der Waals surface area contributed by atoms with E-state index in [0.717, 1.165) is 0 Å². The zero-order valence-electron chi connectivity index (χ0n) is 19.3. The number of nitrogens with two attached hydrogens (primary N) is 2. The summed E-state index contributed by atoms with van der Waals surface area (Å²) in [6.45, 7) is 2.00. The molecule has 1 aliphatic rings. The molecule has 5 atom stereocenters. The SMILES string of the molecule is CC(O)C(NC(=O)C(CCCCN)NC(=O)C1CCCN1C(=O)C(N)Cc1cnc[nH]1)C(=O)O. The van der Waals surface area contributed by atoms with E-state index in [1.807, 2.05) is 0 Å². The van der Waals surface area contributed by atoms with Crippen molar-refractivity contribution in [1.29, 1.82) is 0 Å². The van der Waals surface area contributed by atoms with Crippen LogP contribution in [-0.2, 0) is 25.6 Å². The van der Waals surface area contributed by atoms with Crippen molar-refractivity contribution in [1.82, 2.24) is 25.5 Å². The summed E-state index contributed by atoms with van der Waals surface area (Å²) in [7, 11) is 0. The number of carbonyl (C=O) groups excluding carboxylic acids is 3. The third-order valence-corrected chi connectivity index (χ3v) is 5.78. The molecule has 1 saturated heterocycles. The number of aliphatic hydroxyl groups is 1. The zero-order valence-corrected chi connectivity index (χ0v) is 19.3. The number of likely N-dealkylation sites (tertiary alicyclic amines) is 1. The van der Waals surface area contributed by atoms with Crippen LogP contribution in [0.5, 0.6) is 0 Å². The second-order valence-corrected chi connectivity index (χ2v) is 8.49. The van der Waals surface area contributed by atoms with E-state index < -0.39 is 48.1 Å². The predicted octanol–water partition coefficient (Wildman–Crippen LogP) is -2.17. The first kappa shape index (κ1) is 27.2. The molecule has 0 saturated carbocycles. The number of nitrogens with one attached hydrogen (secondary N) is 3. The highest BCUT2D eigenvalue weighted by Gasteiger charge is 2.38. The number of hydrogen-bond acceptors (Lipinski definition) is 8. The average Bonchev–Trinajstić information content (AvgIpc) is 3.47. The Kier molecular flexibility index (Phi) is 10.4. The van der Waals surface area contributed by atoms with Gasteiger partial charge in [0.05, 0.1) is 18.5 Å². The minimum Gasteiger partial charge on any atom is -0.480 e. The van der Waals surface area contributed by atoms with Crippen LogP contribution in [-0.4, -0.2) is 92.1 Å². The number of unbranched alkanes of at least 4 members (excludes halogenated alkanes) is 1. The molecule has 5 unspecified atom stereocenters. The van der Waals surface area contributed by atoms with Gasteiger partial charge in [-0.2, -0.15) is 0 Å². The Balaban J connectivity index is 2.07. The van der Waals surface area contributed by atoms with Gasteiger partial charge in [-0.15, -0.1) is 0 Å². The van der Waals surface area contributed by atoms with Gasteiger partial charge in [0.1, 0.15) is 12.1 Å². The fourth-order valence-electron chi connectivity index (χ4n) is 3.91. The molecule has 0 bridgehead atoms. The van der Waals surface area contributed by atoms with Gasteiger partial charge in [0, 0.05) is 24.9 Å². The molecule has 13 nitrogen and oxygen atoms in total. The number of carboxylic acids is 1. The van der Waals surface area contributed by atoms with Crippen LogP contribution in [0.4, 0.5) is 0 Å². The lowest BCUT2D eigenvalue weighted by atomic mass is 10.1. The monoisotopic (exact) mass is 481 g/mol. The fourth-order valence-corrected chi connectivity index (χ4v) is 3.91. The number of carbonyl (C=O) groups is 4. The van der Waals surface area contributed by atoms with Crippen molar-refractivity contribution in [2.45, 2.75) is 75.7 Å². The van der Waals surface area contributed by atoms with E-state index in [-0.39, 0.29) is 18.7 Å². The van der Waals surface area contributed by atoms with Gasteiger partial charge in [0.15, 0.2) is 6.04 Å². The van der Waals surface area contributed by atoms with Crippen molar-refractivity contribution in [2.24, 2.45) is 11.5 Å². The van der Waals surface area contributed by atoms with Crippen LogP contribution in [0, 0.1) is 0 Å². The van der Waals surface area contributed by atoms with Crippen molar-refractivity contribution in [3.05, 3.63) is 18.2 Å². The molecule has 0 aliphatic carbocycles. The van der Waals surface area contributed by atoms with Crippen molar-refractivity contribution in [2.75, 3.05) is 13.1 Å². The number of H-pyrrole nitrogens is 1. The van der Waals surface area contributed by atoms with Crippen molar-refractivity contribution in [3.8, 4) is 0 Å². The van der Waals surface area contributed by atoms with Gasteiger partial charge in [-0.25, -0.2) is 9.78 Å². The lowest BCUT2D eigenvalue weighted by Gasteiger charge is -2.29. The second kappa shape index (κ2) is 13.0. The van der Waals surface area contributed by atoms with Crippen LogP contribution in [0.15, 0.2) is 12.5 Å². The molecule has 2 rings (SSSR count). The maximum atomic E-state index is 13.1. The van der Waals surface area contributed by atoms with Gasteiger partial charge in [-0.1, -0.05) is 0 Å². The Morgan fingerprint density at radius 2 is 2.03 bits per heavy atom. The fraction of sp³-hybridized carbons (Fsp3) is 0.667. The normalized spacial score (nSPS) is 19.2. The Bertz CT molecular complexity index is 832. The quantitative estimate of drug-likeness (QED) is 0.152. The van der Waals surface area contributed by atoms with Crippen LogP contribution in [0.25, 0.3) is 0 Å². The van der Waals surface area contributed by atoms with Gasteiger partial charge in [-0.3, -0.25) is 14.4 Å². The average molecular weight is 482 g/mol. The topological polar surface area (TPSA) is 217 Å². The van der Waals surface area contributed by atoms with E-state index in [4.69, 9.17) is 11.5 Å². The lowest BCUT2D eigenvalue weighted by Crippen LogP contribution is -2.58. The highest BCUT2D eigenvalue weighted by atomic mass is 16.4. The van der Waals surface area contributed by atoms with Crippen LogP contribution in [0.1, 0.15) is 44.7 Å². The molecule has 1 aliphatic heterocycles. The summed E-state index contributed by atoms with van der Waals surface area (Å²) in [5.41, 5.74) is 12.3. The molecular weight excluding hydrogens is 446 g/mol. The highest BCUT2D eigenvalue weighted by Crippen LogP contribution is 2.19. The van der Waals surface area contributed by atoms with Crippen molar-refractivity contribution >= 4 is 23.7 Å². The number of aromatic nitrogens is 2. The molecule has 34 heavy (non-hydrogen) atoms. The number of aliphatic carboxylic acids is 1. The predicted molar refractivity (Wildman–Crippen MR) is 121 cm³/mol. The molecule has 9 N–H and O–H groups in total. The number of hydrogen-bond donors (Lipinski definition) is 7. The molecule has 0 aromatic carbocycles. The Morgan fingerprint density at radius 3 is 2.62 bits per heavy atom. The van der Waals surface area contributed by atoms with Gasteiger partial charge < -0.3 is 42.2 Å². The van der Waals surface area contributed by atoms with E-state index in [0.29, 0.717) is 44.5 Å². The van der Waals surface area contributed by atoms with E-state index in [1.54, 1.807) is 6.20 Å². The molecule has 0 spiro atoms. The minimum atomic E-state index is -1.52. The lowest BCUT2D eigenvalue weighted by molar-refractivity contribution is -0.145.